The van der Waals surface area contributed by atoms with E-state index in [9.17, 15) is 9.18 Å². The van der Waals surface area contributed by atoms with Crippen LogP contribution in [0.15, 0.2) is 22.7 Å². The highest BCUT2D eigenvalue weighted by molar-refractivity contribution is 9.10. The van der Waals surface area contributed by atoms with Crippen molar-refractivity contribution in [2.45, 2.75) is 0 Å². The molecule has 0 aliphatic heterocycles. The Labute approximate surface area is 113 Å². The van der Waals surface area contributed by atoms with Crippen LogP contribution >= 0.6 is 15.9 Å². The van der Waals surface area contributed by atoms with Gasteiger partial charge in [0.05, 0.1) is 23.2 Å². The quantitative estimate of drug-likeness (QED) is 0.867. The highest BCUT2D eigenvalue weighted by Crippen LogP contribution is 2.21. The second-order valence-electron chi connectivity index (χ2n) is 3.61. The molecule has 0 unspecified atom stereocenters. The van der Waals surface area contributed by atoms with Crippen molar-refractivity contribution in [1.82, 2.24) is 4.90 Å². The zero-order chi connectivity index (χ0) is 13.5. The van der Waals surface area contributed by atoms with E-state index >= 15 is 0 Å². The first-order valence-electron chi connectivity index (χ1n) is 5.45. The molecular formula is C12H15BrFNO3. The molecular weight excluding hydrogens is 305 g/mol. The van der Waals surface area contributed by atoms with Crippen LogP contribution in [0.25, 0.3) is 0 Å². The molecule has 6 heteroatoms. The average Bonchev–Trinajstić information content (AvgIpc) is 2.37. The maximum absolute atomic E-state index is 13.3. The smallest absolute Gasteiger partial charge is 0.255 e. The first kappa shape index (κ1) is 15.1. The summed E-state index contributed by atoms with van der Waals surface area (Å²) in [5, 5.41) is 8.94. The lowest BCUT2D eigenvalue weighted by atomic mass is 10.2. The molecule has 1 aromatic rings. The Morgan fingerprint density at radius 3 is 2.83 bits per heavy atom. The van der Waals surface area contributed by atoms with Crippen LogP contribution in [0.3, 0.4) is 0 Å². The fourth-order valence-corrected chi connectivity index (χ4v) is 1.91. The number of ether oxygens (including phenoxy) is 1. The zero-order valence-corrected chi connectivity index (χ0v) is 11.6. The molecule has 0 saturated heterocycles. The standard InChI is InChI=1S/C12H15BrFNO3/c1-18-8-6-15(5-7-16)12(17)9-3-2-4-10(14)11(9)13/h2-4,16H,5-8H2,1H3. The Kier molecular flexibility index (Phi) is 6.24. The first-order valence-corrected chi connectivity index (χ1v) is 6.24. The predicted molar refractivity (Wildman–Crippen MR) is 69.0 cm³/mol. The summed E-state index contributed by atoms with van der Waals surface area (Å²) in [5.74, 6) is -0.830. The van der Waals surface area contributed by atoms with Gasteiger partial charge in [0.1, 0.15) is 5.82 Å². The number of carbonyl (C=O) groups is 1. The number of rotatable bonds is 6. The number of amides is 1. The van der Waals surface area contributed by atoms with Gasteiger partial charge < -0.3 is 14.7 Å². The summed E-state index contributed by atoms with van der Waals surface area (Å²) in [6.07, 6.45) is 0. The van der Waals surface area contributed by atoms with Crippen LogP contribution < -0.4 is 0 Å². The van der Waals surface area contributed by atoms with Gasteiger partial charge in [-0.2, -0.15) is 0 Å². The first-order chi connectivity index (χ1) is 8.61. The number of hydrogen-bond acceptors (Lipinski definition) is 3. The number of nitrogens with zero attached hydrogens (tertiary/aromatic N) is 1. The maximum atomic E-state index is 13.3. The van der Waals surface area contributed by atoms with E-state index in [1.165, 1.54) is 30.2 Å². The van der Waals surface area contributed by atoms with Gasteiger partial charge >= 0.3 is 0 Å². The minimum atomic E-state index is -0.489. The van der Waals surface area contributed by atoms with Gasteiger partial charge in [-0.15, -0.1) is 0 Å². The summed E-state index contributed by atoms with van der Waals surface area (Å²) < 4.78 is 18.4. The molecule has 0 fully saturated rings. The summed E-state index contributed by atoms with van der Waals surface area (Å²) >= 11 is 3.05. The summed E-state index contributed by atoms with van der Waals surface area (Å²) in [6.45, 7) is 0.741. The van der Waals surface area contributed by atoms with Crippen molar-refractivity contribution in [3.8, 4) is 0 Å². The third-order valence-electron chi connectivity index (χ3n) is 2.40. The van der Waals surface area contributed by atoms with Crippen molar-refractivity contribution in [3.63, 3.8) is 0 Å². The Hall–Kier alpha value is -0.980. The largest absolute Gasteiger partial charge is 0.395 e. The Balaban J connectivity index is 2.90. The minimum Gasteiger partial charge on any atom is -0.395 e. The molecule has 0 aromatic heterocycles. The lowest BCUT2D eigenvalue weighted by molar-refractivity contribution is 0.0655. The molecule has 1 rings (SSSR count). The van der Waals surface area contributed by atoms with Gasteiger partial charge in [-0.3, -0.25) is 4.79 Å². The molecule has 100 valence electrons. The fraction of sp³-hybridized carbons (Fsp3) is 0.417. The molecule has 0 atom stereocenters. The van der Waals surface area contributed by atoms with Crippen LogP contribution in [0.2, 0.25) is 0 Å². The SMILES string of the molecule is COCCN(CCO)C(=O)c1cccc(F)c1Br. The molecule has 18 heavy (non-hydrogen) atoms. The van der Waals surface area contributed by atoms with Crippen molar-refractivity contribution >= 4 is 21.8 Å². The molecule has 0 bridgehead atoms. The van der Waals surface area contributed by atoms with Crippen LogP contribution in [-0.4, -0.2) is 49.3 Å². The fourth-order valence-electron chi connectivity index (χ4n) is 1.48. The zero-order valence-electron chi connectivity index (χ0n) is 10.0. The molecule has 0 spiro atoms. The molecule has 1 aromatic carbocycles. The predicted octanol–water partition coefficient (Wildman–Crippen LogP) is 1.67. The molecule has 0 heterocycles. The van der Waals surface area contributed by atoms with Gasteiger partial charge in [0, 0.05) is 20.2 Å². The molecule has 0 aliphatic carbocycles. The second kappa shape index (κ2) is 7.45. The summed E-state index contributed by atoms with van der Waals surface area (Å²) in [5.41, 5.74) is 0.236. The number of halogens is 2. The van der Waals surface area contributed by atoms with Crippen LogP contribution in [0.1, 0.15) is 10.4 Å². The molecule has 0 saturated carbocycles. The summed E-state index contributed by atoms with van der Waals surface area (Å²) in [4.78, 5) is 13.6. The van der Waals surface area contributed by atoms with Crippen molar-refractivity contribution in [1.29, 1.82) is 0 Å². The number of carbonyl (C=O) groups excluding carboxylic acids is 1. The van der Waals surface area contributed by atoms with Gasteiger partial charge in [-0.1, -0.05) is 6.07 Å². The van der Waals surface area contributed by atoms with E-state index in [-0.39, 0.29) is 29.1 Å². The Bertz CT molecular complexity index is 414. The van der Waals surface area contributed by atoms with Gasteiger partial charge in [0.15, 0.2) is 0 Å². The Morgan fingerprint density at radius 1 is 1.50 bits per heavy atom. The summed E-state index contributed by atoms with van der Waals surface area (Å²) in [6, 6.07) is 4.28. The minimum absolute atomic E-state index is 0.135. The second-order valence-corrected chi connectivity index (χ2v) is 4.40. The lowest BCUT2D eigenvalue weighted by Crippen LogP contribution is -2.36. The van der Waals surface area contributed by atoms with Crippen molar-refractivity contribution < 1.29 is 19.0 Å². The summed E-state index contributed by atoms with van der Waals surface area (Å²) in [7, 11) is 1.53. The number of aliphatic hydroxyl groups is 1. The highest BCUT2D eigenvalue weighted by Gasteiger charge is 2.19. The van der Waals surface area contributed by atoms with E-state index in [1.54, 1.807) is 0 Å². The van der Waals surface area contributed by atoms with Crippen LogP contribution in [-0.2, 0) is 4.74 Å². The third-order valence-corrected chi connectivity index (χ3v) is 3.21. The topological polar surface area (TPSA) is 49.8 Å². The molecule has 0 aliphatic rings. The van der Waals surface area contributed by atoms with Gasteiger partial charge in [-0.25, -0.2) is 4.39 Å². The molecule has 1 amide bonds. The normalized spacial score (nSPS) is 10.4. The molecule has 0 radical (unpaired) electrons. The van der Waals surface area contributed by atoms with Crippen LogP contribution in [0.4, 0.5) is 4.39 Å². The Morgan fingerprint density at radius 2 is 2.22 bits per heavy atom. The van der Waals surface area contributed by atoms with Gasteiger partial charge in [0.2, 0.25) is 0 Å². The number of benzene rings is 1. The molecule has 4 nitrogen and oxygen atoms in total. The van der Waals surface area contributed by atoms with Crippen molar-refractivity contribution in [2.24, 2.45) is 0 Å². The number of hydrogen-bond donors (Lipinski definition) is 1. The number of methoxy groups -OCH3 is 1. The van der Waals surface area contributed by atoms with Gasteiger partial charge in [-0.05, 0) is 28.1 Å². The third kappa shape index (κ3) is 3.76. The van der Waals surface area contributed by atoms with E-state index in [0.717, 1.165) is 0 Å². The molecule has 1 N–H and O–H groups in total. The van der Waals surface area contributed by atoms with Crippen molar-refractivity contribution in [3.05, 3.63) is 34.1 Å². The number of aliphatic hydroxyl groups excluding tert-OH is 1. The van der Waals surface area contributed by atoms with Crippen LogP contribution in [0, 0.1) is 5.82 Å². The van der Waals surface area contributed by atoms with Crippen LogP contribution in [0.5, 0.6) is 0 Å². The highest BCUT2D eigenvalue weighted by atomic mass is 79.9. The van der Waals surface area contributed by atoms with E-state index < -0.39 is 5.82 Å². The van der Waals surface area contributed by atoms with Gasteiger partial charge in [0.25, 0.3) is 5.91 Å². The monoisotopic (exact) mass is 319 g/mol. The van der Waals surface area contributed by atoms with E-state index in [0.29, 0.717) is 13.2 Å². The van der Waals surface area contributed by atoms with E-state index in [2.05, 4.69) is 15.9 Å². The average molecular weight is 320 g/mol. The van der Waals surface area contributed by atoms with Crippen molar-refractivity contribution in [2.75, 3.05) is 33.4 Å². The lowest BCUT2D eigenvalue weighted by Gasteiger charge is -2.22. The van der Waals surface area contributed by atoms with E-state index in [4.69, 9.17) is 9.84 Å². The maximum Gasteiger partial charge on any atom is 0.255 e. The van der Waals surface area contributed by atoms with E-state index in [1.807, 2.05) is 0 Å².